The Morgan fingerprint density at radius 3 is 2.94 bits per heavy atom. The van der Waals surface area contributed by atoms with Crippen LogP contribution < -0.4 is 4.74 Å². The largest absolute Gasteiger partial charge is 0.467 e. The second-order valence-corrected chi connectivity index (χ2v) is 6.19. The van der Waals surface area contributed by atoms with Crippen LogP contribution in [-0.4, -0.2) is 21.5 Å². The summed E-state index contributed by atoms with van der Waals surface area (Å²) in [6.07, 6.45) is 1.02. The molecule has 2 rings (SSSR count). The average Bonchev–Trinajstić information content (AvgIpc) is 2.24. The predicted molar refractivity (Wildman–Crippen MR) is 64.1 cm³/mol. The molecule has 1 aromatic carbocycles. The predicted octanol–water partition coefficient (Wildman–Crippen LogP) is 1.79. The first-order valence-corrected chi connectivity index (χ1v) is 7.43. The first-order valence-electron chi connectivity index (χ1n) is 4.82. The van der Waals surface area contributed by atoms with Crippen molar-refractivity contribution in [3.63, 3.8) is 0 Å². The third kappa shape index (κ3) is 3.41. The molecule has 0 unspecified atom stereocenters. The second kappa shape index (κ2) is 4.93. The number of ether oxygens (including phenoxy) is 2. The minimum absolute atomic E-state index is 0.0411. The highest BCUT2D eigenvalue weighted by atomic mass is 79.9. The summed E-state index contributed by atoms with van der Waals surface area (Å²) in [5, 5.41) is 0. The van der Waals surface area contributed by atoms with Crippen LogP contribution >= 0.6 is 15.9 Å². The van der Waals surface area contributed by atoms with Gasteiger partial charge >= 0.3 is 0 Å². The van der Waals surface area contributed by atoms with Crippen LogP contribution in [0.2, 0.25) is 0 Å². The van der Waals surface area contributed by atoms with Crippen molar-refractivity contribution < 1.29 is 22.1 Å². The molecule has 1 aliphatic rings. The van der Waals surface area contributed by atoms with Crippen molar-refractivity contribution in [2.45, 2.75) is 13.2 Å². The van der Waals surface area contributed by atoms with E-state index < -0.39 is 10.1 Å². The summed E-state index contributed by atoms with van der Waals surface area (Å²) >= 11 is 3.35. The molecule has 0 spiro atoms. The lowest BCUT2D eigenvalue weighted by Crippen LogP contribution is -2.14. The van der Waals surface area contributed by atoms with Crippen molar-refractivity contribution in [1.82, 2.24) is 0 Å². The van der Waals surface area contributed by atoms with Gasteiger partial charge in [-0.25, -0.2) is 0 Å². The van der Waals surface area contributed by atoms with E-state index in [9.17, 15) is 8.42 Å². The maximum Gasteiger partial charge on any atom is 0.264 e. The Bertz CT molecular complexity index is 526. The monoisotopic (exact) mass is 322 g/mol. The molecule has 94 valence electrons. The Kier molecular flexibility index (Phi) is 3.72. The van der Waals surface area contributed by atoms with Gasteiger partial charge in [-0.1, -0.05) is 15.9 Å². The smallest absolute Gasteiger partial charge is 0.264 e. The third-order valence-corrected chi connectivity index (χ3v) is 3.18. The molecule has 0 saturated carbocycles. The first-order chi connectivity index (χ1) is 7.96. The molecular weight excluding hydrogens is 312 g/mol. The topological polar surface area (TPSA) is 61.8 Å². The Morgan fingerprint density at radius 2 is 2.24 bits per heavy atom. The number of hydrogen-bond acceptors (Lipinski definition) is 5. The normalized spacial score (nSPS) is 15.2. The van der Waals surface area contributed by atoms with Crippen LogP contribution in [0.1, 0.15) is 11.1 Å². The molecule has 0 aromatic heterocycles. The molecule has 1 aromatic rings. The molecule has 0 saturated heterocycles. The van der Waals surface area contributed by atoms with E-state index in [4.69, 9.17) is 13.7 Å². The quantitative estimate of drug-likeness (QED) is 0.794. The van der Waals surface area contributed by atoms with E-state index in [0.717, 1.165) is 16.3 Å². The summed E-state index contributed by atoms with van der Waals surface area (Å²) in [4.78, 5) is 0. The SMILES string of the molecule is CS(=O)(=O)OCc1cc(Br)cc2c1OCOC2. The summed E-state index contributed by atoms with van der Waals surface area (Å²) in [5.41, 5.74) is 1.56. The number of hydrogen-bond donors (Lipinski definition) is 0. The number of benzene rings is 1. The summed E-state index contributed by atoms with van der Waals surface area (Å²) in [6.45, 7) is 0.571. The van der Waals surface area contributed by atoms with Crippen LogP contribution in [0.4, 0.5) is 0 Å². The molecule has 0 fully saturated rings. The van der Waals surface area contributed by atoms with Gasteiger partial charge in [0.1, 0.15) is 5.75 Å². The van der Waals surface area contributed by atoms with Gasteiger partial charge in [-0.15, -0.1) is 0 Å². The second-order valence-electron chi connectivity index (χ2n) is 3.63. The first kappa shape index (κ1) is 12.8. The van der Waals surface area contributed by atoms with Crippen LogP contribution in [0.5, 0.6) is 5.75 Å². The zero-order valence-corrected chi connectivity index (χ0v) is 11.5. The molecular formula is C10H11BrO5S. The van der Waals surface area contributed by atoms with Gasteiger partial charge in [0.2, 0.25) is 0 Å². The van der Waals surface area contributed by atoms with Gasteiger partial charge in [0.25, 0.3) is 10.1 Å². The van der Waals surface area contributed by atoms with Crippen molar-refractivity contribution >= 4 is 26.0 Å². The molecule has 0 atom stereocenters. The van der Waals surface area contributed by atoms with Crippen molar-refractivity contribution in [2.24, 2.45) is 0 Å². The number of fused-ring (bicyclic) bond motifs is 1. The highest BCUT2D eigenvalue weighted by Gasteiger charge is 2.17. The van der Waals surface area contributed by atoms with E-state index in [0.29, 0.717) is 17.9 Å². The standard InChI is InChI=1S/C10H11BrO5S/c1-17(12,13)16-5-8-3-9(11)2-7-4-14-6-15-10(7)8/h2-3H,4-6H2,1H3. The fraction of sp³-hybridized carbons (Fsp3) is 0.400. The van der Waals surface area contributed by atoms with Crippen molar-refractivity contribution in [3.05, 3.63) is 27.7 Å². The van der Waals surface area contributed by atoms with Crippen molar-refractivity contribution in [1.29, 1.82) is 0 Å². The lowest BCUT2D eigenvalue weighted by atomic mass is 10.1. The van der Waals surface area contributed by atoms with Gasteiger partial charge in [-0.3, -0.25) is 4.18 Å². The highest BCUT2D eigenvalue weighted by Crippen LogP contribution is 2.32. The van der Waals surface area contributed by atoms with Gasteiger partial charge < -0.3 is 9.47 Å². The van der Waals surface area contributed by atoms with E-state index in [2.05, 4.69) is 15.9 Å². The van der Waals surface area contributed by atoms with Gasteiger partial charge in [0.15, 0.2) is 6.79 Å². The molecule has 0 aliphatic carbocycles. The Balaban J connectivity index is 2.29. The maximum absolute atomic E-state index is 11.0. The third-order valence-electron chi connectivity index (χ3n) is 2.18. The minimum atomic E-state index is -3.46. The molecule has 1 heterocycles. The highest BCUT2D eigenvalue weighted by molar-refractivity contribution is 9.10. The lowest BCUT2D eigenvalue weighted by molar-refractivity contribution is -0.0175. The Hall–Kier alpha value is -0.630. The molecule has 0 N–H and O–H groups in total. The van der Waals surface area contributed by atoms with Gasteiger partial charge in [0, 0.05) is 15.6 Å². The van der Waals surface area contributed by atoms with Gasteiger partial charge in [-0.05, 0) is 12.1 Å². The molecule has 1 aliphatic heterocycles. The van der Waals surface area contributed by atoms with E-state index in [1.807, 2.05) is 6.07 Å². The van der Waals surface area contributed by atoms with Crippen LogP contribution in [0.15, 0.2) is 16.6 Å². The average molecular weight is 323 g/mol. The minimum Gasteiger partial charge on any atom is -0.467 e. The van der Waals surface area contributed by atoms with Gasteiger partial charge in [-0.2, -0.15) is 8.42 Å². The Labute approximate surface area is 108 Å². The zero-order valence-electron chi connectivity index (χ0n) is 9.10. The van der Waals surface area contributed by atoms with E-state index in [-0.39, 0.29) is 13.4 Å². The number of halogens is 1. The van der Waals surface area contributed by atoms with Crippen LogP contribution in [0.25, 0.3) is 0 Å². The summed E-state index contributed by atoms with van der Waals surface area (Å²) in [7, 11) is -3.46. The maximum atomic E-state index is 11.0. The van der Waals surface area contributed by atoms with Gasteiger partial charge in [0.05, 0.1) is 19.5 Å². The molecule has 0 bridgehead atoms. The van der Waals surface area contributed by atoms with E-state index in [1.54, 1.807) is 6.07 Å². The number of rotatable bonds is 3. The lowest BCUT2D eigenvalue weighted by Gasteiger charge is -2.20. The van der Waals surface area contributed by atoms with Crippen LogP contribution in [-0.2, 0) is 32.3 Å². The summed E-state index contributed by atoms with van der Waals surface area (Å²) < 4.78 is 38.0. The summed E-state index contributed by atoms with van der Waals surface area (Å²) in [6, 6.07) is 3.65. The zero-order chi connectivity index (χ0) is 12.5. The fourth-order valence-corrected chi connectivity index (χ4v) is 2.43. The van der Waals surface area contributed by atoms with E-state index >= 15 is 0 Å². The molecule has 0 radical (unpaired) electrons. The molecule has 5 nitrogen and oxygen atoms in total. The molecule has 17 heavy (non-hydrogen) atoms. The Morgan fingerprint density at radius 1 is 1.47 bits per heavy atom. The molecule has 7 heteroatoms. The van der Waals surface area contributed by atoms with E-state index in [1.165, 1.54) is 0 Å². The van der Waals surface area contributed by atoms with Crippen LogP contribution in [0.3, 0.4) is 0 Å². The fourth-order valence-electron chi connectivity index (χ4n) is 1.53. The van der Waals surface area contributed by atoms with Crippen LogP contribution in [0, 0.1) is 0 Å². The molecule has 0 amide bonds. The van der Waals surface area contributed by atoms with Crippen molar-refractivity contribution in [2.75, 3.05) is 13.0 Å². The van der Waals surface area contributed by atoms with Crippen molar-refractivity contribution in [3.8, 4) is 5.75 Å². The summed E-state index contributed by atoms with van der Waals surface area (Å²) in [5.74, 6) is 0.642.